The number of nitrogens with one attached hydrogen (secondary N) is 2. The summed E-state index contributed by atoms with van der Waals surface area (Å²) in [5.74, 6) is 6.36. The zero-order valence-corrected chi connectivity index (χ0v) is 20.8. The van der Waals surface area contributed by atoms with Crippen LogP contribution >= 0.6 is 0 Å². The molecule has 2 aromatic carbocycles. The molecule has 3 amide bonds. The Morgan fingerprint density at radius 3 is 2.19 bits per heavy atom. The molecule has 0 saturated heterocycles. The van der Waals surface area contributed by atoms with Gasteiger partial charge in [-0.1, -0.05) is 42.2 Å². The Labute approximate surface area is 217 Å². The standard InChI is InChI=1S/C28H33N3O6/c32-26(29-15-17-36-19-20-37-18-16-30-28(34)35)11-5-6-12-27(33)31-21-24-9-2-1-7-22(24)13-14-23-8-3-4-10-25(23)31/h1-4,7-10,30H,5-6,11-12,15-21H2,(H,29,32)(H,34,35). The second kappa shape index (κ2) is 15.3. The van der Waals surface area contributed by atoms with Crippen LogP contribution < -0.4 is 15.5 Å². The molecular weight excluding hydrogens is 474 g/mol. The number of para-hydroxylation sites is 1. The number of unbranched alkanes of at least 4 members (excludes halogenated alkanes) is 1. The normalized spacial score (nSPS) is 11.7. The van der Waals surface area contributed by atoms with E-state index < -0.39 is 6.09 Å². The first-order chi connectivity index (χ1) is 18.0. The minimum Gasteiger partial charge on any atom is -0.465 e. The number of amides is 3. The molecule has 9 heteroatoms. The summed E-state index contributed by atoms with van der Waals surface area (Å²) in [5.41, 5.74) is 3.58. The fourth-order valence-electron chi connectivity index (χ4n) is 3.81. The molecule has 1 aliphatic rings. The van der Waals surface area contributed by atoms with Crippen molar-refractivity contribution in [3.05, 3.63) is 65.2 Å². The summed E-state index contributed by atoms with van der Waals surface area (Å²) in [6, 6.07) is 15.6. The van der Waals surface area contributed by atoms with Crippen LogP contribution in [0.3, 0.4) is 0 Å². The summed E-state index contributed by atoms with van der Waals surface area (Å²) in [7, 11) is 0. The Morgan fingerprint density at radius 1 is 0.811 bits per heavy atom. The zero-order valence-electron chi connectivity index (χ0n) is 20.8. The van der Waals surface area contributed by atoms with E-state index in [-0.39, 0.29) is 25.0 Å². The summed E-state index contributed by atoms with van der Waals surface area (Å²) in [5, 5.41) is 13.4. The predicted octanol–water partition coefficient (Wildman–Crippen LogP) is 2.91. The van der Waals surface area contributed by atoms with Crippen LogP contribution in [-0.4, -0.2) is 62.5 Å². The SMILES string of the molecule is O=C(O)NCCOCCOCCNC(=O)CCCCC(=O)N1Cc2ccccc2C#Cc2ccccc21. The van der Waals surface area contributed by atoms with E-state index in [9.17, 15) is 14.4 Å². The molecule has 37 heavy (non-hydrogen) atoms. The molecule has 1 heterocycles. The van der Waals surface area contributed by atoms with Gasteiger partial charge in [0.1, 0.15) is 0 Å². The third kappa shape index (κ3) is 9.60. The molecule has 1 aliphatic heterocycles. The molecule has 0 aromatic heterocycles. The van der Waals surface area contributed by atoms with Gasteiger partial charge in [0.2, 0.25) is 11.8 Å². The Kier molecular flexibility index (Phi) is 11.5. The highest BCUT2D eigenvalue weighted by Crippen LogP contribution is 2.26. The van der Waals surface area contributed by atoms with Gasteiger partial charge in [-0.05, 0) is 36.6 Å². The number of fused-ring (bicyclic) bond motifs is 2. The number of nitrogens with zero attached hydrogens (tertiary/aromatic N) is 1. The van der Waals surface area contributed by atoms with Crippen molar-refractivity contribution in [2.24, 2.45) is 0 Å². The highest BCUT2D eigenvalue weighted by molar-refractivity contribution is 5.95. The number of carbonyl (C=O) groups excluding carboxylic acids is 2. The lowest BCUT2D eigenvalue weighted by atomic mass is 10.0. The minimum absolute atomic E-state index is 0.0146. The van der Waals surface area contributed by atoms with Crippen LogP contribution in [0.15, 0.2) is 48.5 Å². The van der Waals surface area contributed by atoms with Crippen molar-refractivity contribution in [3.63, 3.8) is 0 Å². The number of hydrogen-bond acceptors (Lipinski definition) is 5. The zero-order chi connectivity index (χ0) is 26.3. The summed E-state index contributed by atoms with van der Waals surface area (Å²) in [6.45, 7) is 2.43. The van der Waals surface area contributed by atoms with E-state index in [1.807, 2.05) is 48.5 Å². The third-order valence-electron chi connectivity index (χ3n) is 5.68. The number of ether oxygens (including phenoxy) is 2. The first kappa shape index (κ1) is 27.7. The Morgan fingerprint density at radius 2 is 1.43 bits per heavy atom. The van der Waals surface area contributed by atoms with Crippen LogP contribution in [0.25, 0.3) is 0 Å². The average molecular weight is 508 g/mol. The van der Waals surface area contributed by atoms with Crippen LogP contribution in [0.1, 0.15) is 42.4 Å². The van der Waals surface area contributed by atoms with E-state index in [4.69, 9.17) is 14.6 Å². The van der Waals surface area contributed by atoms with Crippen molar-refractivity contribution in [2.45, 2.75) is 32.2 Å². The predicted molar refractivity (Wildman–Crippen MR) is 139 cm³/mol. The smallest absolute Gasteiger partial charge is 0.404 e. The van der Waals surface area contributed by atoms with Crippen molar-refractivity contribution in [3.8, 4) is 11.8 Å². The topological polar surface area (TPSA) is 117 Å². The Bertz CT molecular complexity index is 1120. The Balaban J connectivity index is 1.33. The van der Waals surface area contributed by atoms with E-state index in [0.717, 1.165) is 22.4 Å². The monoisotopic (exact) mass is 507 g/mol. The molecule has 9 nitrogen and oxygen atoms in total. The highest BCUT2D eigenvalue weighted by Gasteiger charge is 2.20. The maximum absolute atomic E-state index is 13.2. The summed E-state index contributed by atoms with van der Waals surface area (Å²) in [4.78, 5) is 37.4. The van der Waals surface area contributed by atoms with Crippen molar-refractivity contribution in [1.82, 2.24) is 10.6 Å². The molecule has 0 fully saturated rings. The van der Waals surface area contributed by atoms with Crippen LogP contribution in [0.4, 0.5) is 10.5 Å². The molecule has 0 atom stereocenters. The third-order valence-corrected chi connectivity index (χ3v) is 5.68. The molecule has 0 spiro atoms. The lowest BCUT2D eigenvalue weighted by Crippen LogP contribution is -2.31. The van der Waals surface area contributed by atoms with E-state index in [1.54, 1.807) is 4.90 Å². The summed E-state index contributed by atoms with van der Waals surface area (Å²) in [6.07, 6.45) is 0.841. The molecule has 196 valence electrons. The Hall–Kier alpha value is -3.87. The van der Waals surface area contributed by atoms with Gasteiger partial charge in [0.05, 0.1) is 38.7 Å². The van der Waals surface area contributed by atoms with E-state index in [1.165, 1.54) is 0 Å². The van der Waals surface area contributed by atoms with Gasteiger partial charge in [-0.15, -0.1) is 0 Å². The molecule has 0 unspecified atom stereocenters. The number of hydrogen-bond donors (Lipinski definition) is 3. The maximum atomic E-state index is 13.2. The van der Waals surface area contributed by atoms with Crippen molar-refractivity contribution < 1.29 is 29.0 Å². The molecule has 0 radical (unpaired) electrons. The van der Waals surface area contributed by atoms with E-state index in [2.05, 4.69) is 22.5 Å². The fourth-order valence-corrected chi connectivity index (χ4v) is 3.81. The van der Waals surface area contributed by atoms with Gasteiger partial charge in [0, 0.05) is 37.1 Å². The van der Waals surface area contributed by atoms with Gasteiger partial charge in [0.25, 0.3) is 0 Å². The summed E-state index contributed by atoms with van der Waals surface area (Å²) < 4.78 is 10.6. The average Bonchev–Trinajstić information content (AvgIpc) is 2.88. The van der Waals surface area contributed by atoms with E-state index in [0.29, 0.717) is 58.6 Å². The van der Waals surface area contributed by atoms with Gasteiger partial charge in [-0.2, -0.15) is 0 Å². The largest absolute Gasteiger partial charge is 0.465 e. The minimum atomic E-state index is -1.08. The van der Waals surface area contributed by atoms with Gasteiger partial charge < -0.3 is 30.1 Å². The van der Waals surface area contributed by atoms with Crippen LogP contribution in [-0.2, 0) is 25.6 Å². The first-order valence-electron chi connectivity index (χ1n) is 12.4. The van der Waals surface area contributed by atoms with Crippen LogP contribution in [0, 0.1) is 11.8 Å². The lowest BCUT2D eigenvalue weighted by Gasteiger charge is -2.26. The lowest BCUT2D eigenvalue weighted by molar-refractivity contribution is -0.122. The number of carbonyl (C=O) groups is 3. The first-order valence-corrected chi connectivity index (χ1v) is 12.4. The number of carboxylic acid groups (broad SMARTS) is 1. The van der Waals surface area contributed by atoms with Gasteiger partial charge in [-0.3, -0.25) is 9.59 Å². The van der Waals surface area contributed by atoms with Crippen molar-refractivity contribution in [2.75, 3.05) is 44.4 Å². The molecule has 2 aromatic rings. The second-order valence-corrected chi connectivity index (χ2v) is 8.42. The molecular formula is C28H33N3O6. The van der Waals surface area contributed by atoms with Crippen molar-refractivity contribution in [1.29, 1.82) is 0 Å². The number of anilines is 1. The van der Waals surface area contributed by atoms with Crippen LogP contribution in [0.2, 0.25) is 0 Å². The molecule has 3 rings (SSSR count). The number of benzene rings is 2. The molecule has 0 aliphatic carbocycles. The molecule has 0 bridgehead atoms. The van der Waals surface area contributed by atoms with Crippen molar-refractivity contribution >= 4 is 23.6 Å². The number of rotatable bonds is 14. The molecule has 3 N–H and O–H groups in total. The van der Waals surface area contributed by atoms with Crippen LogP contribution in [0.5, 0.6) is 0 Å². The second-order valence-electron chi connectivity index (χ2n) is 8.42. The summed E-state index contributed by atoms with van der Waals surface area (Å²) >= 11 is 0. The quantitative estimate of drug-likeness (QED) is 0.267. The fraction of sp³-hybridized carbons (Fsp3) is 0.393. The van der Waals surface area contributed by atoms with E-state index >= 15 is 0 Å². The maximum Gasteiger partial charge on any atom is 0.404 e. The van der Waals surface area contributed by atoms with Gasteiger partial charge >= 0.3 is 6.09 Å². The van der Waals surface area contributed by atoms with Gasteiger partial charge in [-0.25, -0.2) is 4.79 Å². The highest BCUT2D eigenvalue weighted by atomic mass is 16.5. The molecule has 0 saturated carbocycles. The van der Waals surface area contributed by atoms with Gasteiger partial charge in [0.15, 0.2) is 0 Å².